The molecule has 0 radical (unpaired) electrons. The van der Waals surface area contributed by atoms with E-state index in [0.717, 1.165) is 12.1 Å². The maximum absolute atomic E-state index is 12.3. The lowest BCUT2D eigenvalue weighted by molar-refractivity contribution is 0.474. The summed E-state index contributed by atoms with van der Waals surface area (Å²) >= 11 is 11.4. The third-order valence-electron chi connectivity index (χ3n) is 2.45. The number of rotatable bonds is 2. The Kier molecular flexibility index (Phi) is 3.62. The Morgan fingerprint density at radius 1 is 0.842 bits per heavy atom. The van der Waals surface area contributed by atoms with Gasteiger partial charge in [-0.15, -0.1) is 0 Å². The largest absolute Gasteiger partial charge is 0.508 e. The molecule has 0 aliphatic rings. The maximum Gasteiger partial charge on any atom is 0.206 e. The molecule has 0 aliphatic heterocycles. The summed E-state index contributed by atoms with van der Waals surface area (Å²) in [5, 5.41) is 18.3. The minimum atomic E-state index is -3.81. The van der Waals surface area contributed by atoms with Crippen molar-refractivity contribution in [1.82, 2.24) is 0 Å². The zero-order valence-corrected chi connectivity index (χ0v) is 11.7. The van der Waals surface area contributed by atoms with Gasteiger partial charge in [0.05, 0.1) is 19.8 Å². The number of phenols is 2. The SMILES string of the molecule is O=S(=O)(c1ccc(O)cc1)c1cc(Cl)c(O)c(Cl)c1. The highest BCUT2D eigenvalue weighted by atomic mass is 35.5. The molecular weight excluding hydrogens is 311 g/mol. The summed E-state index contributed by atoms with van der Waals surface area (Å²) in [7, 11) is -3.81. The summed E-state index contributed by atoms with van der Waals surface area (Å²) in [4.78, 5) is -0.144. The van der Waals surface area contributed by atoms with Gasteiger partial charge in [0, 0.05) is 0 Å². The minimum absolute atomic E-state index is 0.0110. The van der Waals surface area contributed by atoms with Crippen LogP contribution in [0.2, 0.25) is 10.0 Å². The lowest BCUT2D eigenvalue weighted by atomic mass is 10.3. The van der Waals surface area contributed by atoms with E-state index in [-0.39, 0.29) is 31.3 Å². The highest BCUT2D eigenvalue weighted by Crippen LogP contribution is 2.36. The number of sulfone groups is 1. The fourth-order valence-electron chi connectivity index (χ4n) is 1.46. The summed E-state index contributed by atoms with van der Waals surface area (Å²) in [6, 6.07) is 7.28. The van der Waals surface area contributed by atoms with Crippen LogP contribution in [0.25, 0.3) is 0 Å². The van der Waals surface area contributed by atoms with Crippen molar-refractivity contribution < 1.29 is 18.6 Å². The summed E-state index contributed by atoms with van der Waals surface area (Å²) in [6.07, 6.45) is 0. The van der Waals surface area contributed by atoms with Gasteiger partial charge in [0.25, 0.3) is 0 Å². The third kappa shape index (κ3) is 2.63. The molecule has 0 saturated carbocycles. The van der Waals surface area contributed by atoms with Crippen LogP contribution in [0.4, 0.5) is 0 Å². The first-order valence-corrected chi connectivity index (χ1v) is 7.28. The first-order chi connectivity index (χ1) is 8.82. The molecule has 0 aliphatic carbocycles. The van der Waals surface area contributed by atoms with E-state index in [2.05, 4.69) is 0 Å². The number of aromatic hydroxyl groups is 2. The van der Waals surface area contributed by atoms with Gasteiger partial charge < -0.3 is 10.2 Å². The second kappa shape index (κ2) is 4.92. The van der Waals surface area contributed by atoms with Gasteiger partial charge in [0.15, 0.2) is 5.75 Å². The van der Waals surface area contributed by atoms with Gasteiger partial charge in [-0.25, -0.2) is 8.42 Å². The van der Waals surface area contributed by atoms with Gasteiger partial charge in [-0.1, -0.05) is 23.2 Å². The van der Waals surface area contributed by atoms with Gasteiger partial charge in [-0.3, -0.25) is 0 Å². The smallest absolute Gasteiger partial charge is 0.206 e. The normalized spacial score (nSPS) is 11.5. The van der Waals surface area contributed by atoms with E-state index >= 15 is 0 Å². The number of benzene rings is 2. The van der Waals surface area contributed by atoms with Crippen LogP contribution in [0.3, 0.4) is 0 Å². The Hall–Kier alpha value is -1.43. The molecule has 2 N–H and O–H groups in total. The molecule has 0 unspecified atom stereocenters. The molecule has 0 heterocycles. The van der Waals surface area contributed by atoms with Crippen molar-refractivity contribution in [3.63, 3.8) is 0 Å². The molecule has 0 saturated heterocycles. The minimum Gasteiger partial charge on any atom is -0.508 e. The molecule has 100 valence electrons. The van der Waals surface area contributed by atoms with Crippen molar-refractivity contribution >= 4 is 33.0 Å². The van der Waals surface area contributed by atoms with Gasteiger partial charge >= 0.3 is 0 Å². The van der Waals surface area contributed by atoms with Crippen molar-refractivity contribution in [2.24, 2.45) is 0 Å². The molecule has 7 heteroatoms. The fraction of sp³-hybridized carbons (Fsp3) is 0. The van der Waals surface area contributed by atoms with Crippen molar-refractivity contribution in [2.45, 2.75) is 9.79 Å². The lowest BCUT2D eigenvalue weighted by Crippen LogP contribution is -2.01. The van der Waals surface area contributed by atoms with Gasteiger partial charge in [-0.2, -0.15) is 0 Å². The first-order valence-electron chi connectivity index (χ1n) is 5.04. The Morgan fingerprint density at radius 2 is 1.32 bits per heavy atom. The van der Waals surface area contributed by atoms with Crippen LogP contribution < -0.4 is 0 Å². The summed E-state index contributed by atoms with van der Waals surface area (Å²) in [5.41, 5.74) is 0. The van der Waals surface area contributed by atoms with E-state index < -0.39 is 9.84 Å². The van der Waals surface area contributed by atoms with Crippen LogP contribution >= 0.6 is 23.2 Å². The van der Waals surface area contributed by atoms with E-state index in [1.165, 1.54) is 24.3 Å². The molecule has 0 spiro atoms. The number of halogens is 2. The zero-order chi connectivity index (χ0) is 14.2. The zero-order valence-electron chi connectivity index (χ0n) is 9.34. The van der Waals surface area contributed by atoms with Crippen LogP contribution in [0.5, 0.6) is 11.5 Å². The predicted octanol–water partition coefficient (Wildman–Crippen LogP) is 3.24. The Morgan fingerprint density at radius 3 is 1.79 bits per heavy atom. The molecule has 4 nitrogen and oxygen atoms in total. The van der Waals surface area contributed by atoms with Crippen molar-refractivity contribution in [3.05, 3.63) is 46.4 Å². The molecule has 0 bridgehead atoms. The predicted molar refractivity (Wildman–Crippen MR) is 71.7 cm³/mol. The van der Waals surface area contributed by atoms with Crippen LogP contribution in [-0.4, -0.2) is 18.6 Å². The molecule has 19 heavy (non-hydrogen) atoms. The van der Waals surface area contributed by atoms with E-state index in [1.807, 2.05) is 0 Å². The van der Waals surface area contributed by atoms with Gasteiger partial charge in [-0.05, 0) is 36.4 Å². The molecule has 0 atom stereocenters. The molecule has 0 fully saturated rings. The van der Waals surface area contributed by atoms with Crippen LogP contribution in [0.15, 0.2) is 46.2 Å². The summed E-state index contributed by atoms with van der Waals surface area (Å²) in [6.45, 7) is 0. The molecule has 2 aromatic rings. The highest BCUT2D eigenvalue weighted by Gasteiger charge is 2.20. The molecule has 2 aromatic carbocycles. The van der Waals surface area contributed by atoms with E-state index in [9.17, 15) is 13.5 Å². The Bertz CT molecular complexity index is 701. The van der Waals surface area contributed by atoms with Gasteiger partial charge in [0.1, 0.15) is 5.75 Å². The Balaban J connectivity index is 2.60. The van der Waals surface area contributed by atoms with Gasteiger partial charge in [0.2, 0.25) is 9.84 Å². The summed E-state index contributed by atoms with van der Waals surface area (Å²) in [5.74, 6) is -0.409. The third-order valence-corrected chi connectivity index (χ3v) is 4.77. The quantitative estimate of drug-likeness (QED) is 0.891. The number of phenolic OH excluding ortho intramolecular Hbond substituents is 2. The van der Waals surface area contributed by atoms with Crippen LogP contribution in [-0.2, 0) is 9.84 Å². The molecular formula is C12H8Cl2O4S. The average Bonchev–Trinajstić information content (AvgIpc) is 2.35. The van der Waals surface area contributed by atoms with Crippen LogP contribution in [0, 0.1) is 0 Å². The summed E-state index contributed by atoms with van der Waals surface area (Å²) < 4.78 is 24.6. The average molecular weight is 319 g/mol. The monoisotopic (exact) mass is 318 g/mol. The van der Waals surface area contributed by atoms with Crippen molar-refractivity contribution in [2.75, 3.05) is 0 Å². The van der Waals surface area contributed by atoms with E-state index in [4.69, 9.17) is 28.3 Å². The lowest BCUT2D eigenvalue weighted by Gasteiger charge is -2.07. The standard InChI is InChI=1S/C12H8Cl2O4S/c13-10-5-9(6-11(14)12(10)16)19(17,18)8-3-1-7(15)2-4-8/h1-6,15-16H. The Labute approximate surface area is 119 Å². The van der Waals surface area contributed by atoms with Crippen LogP contribution in [0.1, 0.15) is 0 Å². The number of hydrogen-bond donors (Lipinski definition) is 2. The second-order valence-electron chi connectivity index (χ2n) is 3.73. The topological polar surface area (TPSA) is 74.6 Å². The maximum atomic E-state index is 12.3. The van der Waals surface area contributed by atoms with E-state index in [1.54, 1.807) is 0 Å². The second-order valence-corrected chi connectivity index (χ2v) is 6.50. The fourth-order valence-corrected chi connectivity index (χ4v) is 3.39. The number of hydrogen-bond acceptors (Lipinski definition) is 4. The highest BCUT2D eigenvalue weighted by molar-refractivity contribution is 7.91. The first kappa shape index (κ1) is 14.0. The molecule has 0 amide bonds. The van der Waals surface area contributed by atoms with E-state index in [0.29, 0.717) is 0 Å². The molecule has 2 rings (SSSR count). The van der Waals surface area contributed by atoms with Crippen molar-refractivity contribution in [1.29, 1.82) is 0 Å². The van der Waals surface area contributed by atoms with Crippen molar-refractivity contribution in [3.8, 4) is 11.5 Å². The molecule has 0 aromatic heterocycles.